The molecule has 210 valence electrons. The van der Waals surface area contributed by atoms with Crippen molar-refractivity contribution in [1.29, 1.82) is 0 Å². The molecule has 0 radical (unpaired) electrons. The molecule has 8 rings (SSSR count). The van der Waals surface area contributed by atoms with Gasteiger partial charge in [-0.1, -0.05) is 18.2 Å². The summed E-state index contributed by atoms with van der Waals surface area (Å²) in [5.41, 5.74) is 3.53. The number of carbonyl (C=O) groups excluding carboxylic acids is 3. The largest absolute Gasteiger partial charge is 0.322 e. The van der Waals surface area contributed by atoms with Crippen LogP contribution in [0, 0.1) is 29.0 Å². The summed E-state index contributed by atoms with van der Waals surface area (Å²) in [5, 5.41) is 6.02. The van der Waals surface area contributed by atoms with Crippen molar-refractivity contribution in [2.45, 2.75) is 81.1 Å². The molecule has 0 spiro atoms. The van der Waals surface area contributed by atoms with E-state index in [9.17, 15) is 14.4 Å². The number of imide groups is 1. The molecule has 2 aromatic carbocycles. The zero-order chi connectivity index (χ0) is 27.4. The van der Waals surface area contributed by atoms with Crippen molar-refractivity contribution in [2.24, 2.45) is 23.2 Å². The average molecular weight is 562 g/mol. The number of fused-ring (bicyclic) bond motifs is 1. The summed E-state index contributed by atoms with van der Waals surface area (Å²) < 4.78 is 15.1. The van der Waals surface area contributed by atoms with Gasteiger partial charge >= 0.3 is 0 Å². The first-order valence-electron chi connectivity index (χ1n) is 14.7. The summed E-state index contributed by atoms with van der Waals surface area (Å²) >= 11 is 1.51. The van der Waals surface area contributed by atoms with Gasteiger partial charge in [0.05, 0.1) is 0 Å². The van der Waals surface area contributed by atoms with E-state index in [0.29, 0.717) is 41.8 Å². The molecule has 6 aliphatic rings. The van der Waals surface area contributed by atoms with Gasteiger partial charge in [-0.15, -0.1) is 11.8 Å². The maximum atomic E-state index is 15.1. The number of amides is 3. The van der Waals surface area contributed by atoms with Gasteiger partial charge in [0.1, 0.15) is 11.9 Å². The van der Waals surface area contributed by atoms with E-state index in [1.54, 1.807) is 17.0 Å². The third kappa shape index (κ3) is 4.87. The second kappa shape index (κ2) is 10.3. The Morgan fingerprint density at radius 1 is 1.02 bits per heavy atom. The van der Waals surface area contributed by atoms with Crippen LogP contribution in [0.4, 0.5) is 4.39 Å². The van der Waals surface area contributed by atoms with Crippen LogP contribution >= 0.6 is 11.8 Å². The summed E-state index contributed by atoms with van der Waals surface area (Å²) in [6.45, 7) is 2.06. The van der Waals surface area contributed by atoms with Gasteiger partial charge < -0.3 is 10.2 Å². The van der Waals surface area contributed by atoms with Crippen LogP contribution in [0.3, 0.4) is 0 Å². The molecule has 40 heavy (non-hydrogen) atoms. The molecule has 4 saturated carbocycles. The molecule has 2 N–H and O–H groups in total. The molecule has 1 unspecified atom stereocenters. The van der Waals surface area contributed by atoms with E-state index in [1.807, 2.05) is 24.3 Å². The predicted octanol–water partition coefficient (Wildman–Crippen LogP) is 5.19. The van der Waals surface area contributed by atoms with Crippen LogP contribution in [0.5, 0.6) is 0 Å². The zero-order valence-corrected chi connectivity index (χ0v) is 23.5. The number of nitrogens with one attached hydrogen (secondary N) is 2. The van der Waals surface area contributed by atoms with E-state index in [0.717, 1.165) is 40.3 Å². The Bertz CT molecular complexity index is 1340. The average Bonchev–Trinajstić information content (AvgIpc) is 3.24. The molecule has 0 aromatic heterocycles. The van der Waals surface area contributed by atoms with Crippen molar-refractivity contribution in [2.75, 3.05) is 6.54 Å². The third-order valence-electron chi connectivity index (χ3n) is 10.0. The second-order valence-electron chi connectivity index (χ2n) is 12.9. The highest BCUT2D eigenvalue weighted by atomic mass is 32.2. The smallest absolute Gasteiger partial charge is 0.255 e. The lowest BCUT2D eigenvalue weighted by Crippen LogP contribution is -2.52. The van der Waals surface area contributed by atoms with Gasteiger partial charge in [-0.05, 0) is 103 Å². The van der Waals surface area contributed by atoms with E-state index in [4.69, 9.17) is 0 Å². The van der Waals surface area contributed by atoms with E-state index in [-0.39, 0.29) is 24.1 Å². The van der Waals surface area contributed by atoms with Gasteiger partial charge in [0.2, 0.25) is 11.8 Å². The molecule has 4 bridgehead atoms. The predicted molar refractivity (Wildman–Crippen MR) is 151 cm³/mol. The van der Waals surface area contributed by atoms with Crippen molar-refractivity contribution < 1.29 is 18.8 Å². The molecule has 5 fully saturated rings. The number of thioether (sulfide) groups is 1. The number of carbonyl (C=O) groups is 3. The highest BCUT2D eigenvalue weighted by molar-refractivity contribution is 7.98. The standard InChI is InChI=1S/C32H36FN3O3S/c33-26-11-19(15-34-18-32-12-20-8-21(13-32)10-22(9-20)14-32)4-5-23(26)17-40-28-3-1-2-24-25(28)16-36(31(24)39)27-6-7-29(37)35-30(27)38/h1-5,11,20-22,27,34H,6-10,12-18H2,(H,35,37,38). The Hall–Kier alpha value is -2.71. The normalized spacial score (nSPS) is 30.6. The van der Waals surface area contributed by atoms with Gasteiger partial charge in [0.25, 0.3) is 5.91 Å². The summed E-state index contributed by atoms with van der Waals surface area (Å²) in [6.07, 6.45) is 9.02. The Labute approximate surface area is 238 Å². The quantitative estimate of drug-likeness (QED) is 0.343. The molecule has 1 saturated heterocycles. The number of hydrogen-bond donors (Lipinski definition) is 2. The number of nitrogens with zero attached hydrogens (tertiary/aromatic N) is 1. The Morgan fingerprint density at radius 2 is 1.77 bits per heavy atom. The molecular formula is C32H36FN3O3S. The molecule has 8 heteroatoms. The number of hydrogen-bond acceptors (Lipinski definition) is 5. The van der Waals surface area contributed by atoms with Gasteiger partial charge in [-0.3, -0.25) is 19.7 Å². The van der Waals surface area contributed by atoms with Crippen LogP contribution in [0.15, 0.2) is 41.3 Å². The molecule has 1 atom stereocenters. The third-order valence-corrected chi connectivity index (χ3v) is 11.2. The van der Waals surface area contributed by atoms with Crippen molar-refractivity contribution >= 4 is 29.5 Å². The minimum Gasteiger partial charge on any atom is -0.322 e. The van der Waals surface area contributed by atoms with Crippen LogP contribution in [0.25, 0.3) is 0 Å². The minimum atomic E-state index is -0.642. The van der Waals surface area contributed by atoms with Crippen LogP contribution in [0.2, 0.25) is 0 Å². The van der Waals surface area contributed by atoms with E-state index in [2.05, 4.69) is 10.6 Å². The summed E-state index contributed by atoms with van der Waals surface area (Å²) in [7, 11) is 0. The van der Waals surface area contributed by atoms with Gasteiger partial charge in [-0.2, -0.15) is 0 Å². The fourth-order valence-electron chi connectivity index (χ4n) is 8.64. The molecular weight excluding hydrogens is 525 g/mol. The molecule has 2 aliphatic heterocycles. The van der Waals surface area contributed by atoms with Crippen molar-refractivity contribution in [1.82, 2.24) is 15.5 Å². The van der Waals surface area contributed by atoms with Crippen LogP contribution in [0.1, 0.15) is 78.4 Å². The molecule has 6 nitrogen and oxygen atoms in total. The Balaban J connectivity index is 0.964. The van der Waals surface area contributed by atoms with E-state index in [1.165, 1.54) is 50.3 Å². The summed E-state index contributed by atoms with van der Waals surface area (Å²) in [5.74, 6) is 2.16. The van der Waals surface area contributed by atoms with Crippen LogP contribution < -0.4 is 10.6 Å². The number of rotatable bonds is 8. The van der Waals surface area contributed by atoms with Crippen LogP contribution in [-0.2, 0) is 28.4 Å². The zero-order valence-electron chi connectivity index (χ0n) is 22.7. The summed E-state index contributed by atoms with van der Waals surface area (Å²) in [4.78, 5) is 39.5. The molecule has 2 aromatic rings. The van der Waals surface area contributed by atoms with Gasteiger partial charge in [0.15, 0.2) is 0 Å². The minimum absolute atomic E-state index is 0.191. The van der Waals surface area contributed by atoms with Crippen LogP contribution in [-0.4, -0.2) is 35.2 Å². The monoisotopic (exact) mass is 561 g/mol. The lowest BCUT2D eigenvalue weighted by atomic mass is 9.49. The fraction of sp³-hybridized carbons (Fsp3) is 0.531. The Kier molecular flexibility index (Phi) is 6.74. The van der Waals surface area contributed by atoms with Crippen molar-refractivity contribution in [3.8, 4) is 0 Å². The highest BCUT2D eigenvalue weighted by Crippen LogP contribution is 2.59. The molecule has 4 aliphatic carbocycles. The maximum Gasteiger partial charge on any atom is 0.255 e. The first kappa shape index (κ1) is 26.2. The topological polar surface area (TPSA) is 78.5 Å². The molecule has 2 heterocycles. The Morgan fingerprint density at radius 3 is 2.48 bits per heavy atom. The number of piperidine rings is 1. The SMILES string of the molecule is O=C1CCC(N2Cc3c(SCc4ccc(CNCC56CC7CC(CC(C7)C5)C6)cc4F)cccc3C2=O)C(=O)N1. The summed E-state index contributed by atoms with van der Waals surface area (Å²) in [6, 6.07) is 10.5. The number of halogens is 1. The first-order valence-corrected chi connectivity index (χ1v) is 15.7. The highest BCUT2D eigenvalue weighted by Gasteiger charge is 2.50. The molecule has 3 amide bonds. The van der Waals surface area contributed by atoms with Gasteiger partial charge in [-0.25, -0.2) is 4.39 Å². The van der Waals surface area contributed by atoms with Crippen molar-refractivity contribution in [3.05, 3.63) is 64.5 Å². The van der Waals surface area contributed by atoms with E-state index < -0.39 is 11.9 Å². The maximum absolute atomic E-state index is 15.1. The lowest BCUT2D eigenvalue weighted by molar-refractivity contribution is -0.136. The van der Waals surface area contributed by atoms with Crippen molar-refractivity contribution in [3.63, 3.8) is 0 Å². The lowest BCUT2D eigenvalue weighted by Gasteiger charge is -2.57. The van der Waals surface area contributed by atoms with Gasteiger partial charge in [0, 0.05) is 42.3 Å². The number of benzene rings is 2. The first-order chi connectivity index (χ1) is 19.4. The van der Waals surface area contributed by atoms with E-state index >= 15 is 4.39 Å². The fourth-order valence-corrected chi connectivity index (χ4v) is 9.71. The second-order valence-corrected chi connectivity index (χ2v) is 13.9.